The van der Waals surface area contributed by atoms with E-state index in [4.69, 9.17) is 21.7 Å². The zero-order valence-corrected chi connectivity index (χ0v) is 19.2. The molecule has 162 valence electrons. The Morgan fingerprint density at radius 3 is 2.53 bits per heavy atom. The molecule has 0 saturated carbocycles. The van der Waals surface area contributed by atoms with Gasteiger partial charge in [-0.2, -0.15) is 0 Å². The van der Waals surface area contributed by atoms with E-state index >= 15 is 0 Å². The average molecular weight is 464 g/mol. The van der Waals surface area contributed by atoms with Gasteiger partial charge in [0.2, 0.25) is 0 Å². The number of thiocarbonyl (C=S) groups is 1. The number of hydrogen-bond acceptors (Lipinski definition) is 6. The number of ether oxygens (including phenoxy) is 2. The van der Waals surface area contributed by atoms with Crippen LogP contribution in [-0.2, 0) is 14.3 Å². The molecule has 1 unspecified atom stereocenters. The van der Waals surface area contributed by atoms with E-state index in [0.717, 1.165) is 16.3 Å². The van der Waals surface area contributed by atoms with Crippen LogP contribution in [0.1, 0.15) is 24.1 Å². The quantitative estimate of drug-likeness (QED) is 0.279. The molecule has 1 amide bonds. The SMILES string of the molecule is CCOC(=O)C(c1ccccc1)N1C(=O)/C(=C\c2c(OC)ccc3ccccc23)SC1=S. The van der Waals surface area contributed by atoms with Crippen LogP contribution in [0.25, 0.3) is 16.8 Å². The second-order valence-corrected chi connectivity index (χ2v) is 8.70. The first-order valence-electron chi connectivity index (χ1n) is 10.1. The van der Waals surface area contributed by atoms with Gasteiger partial charge in [-0.25, -0.2) is 4.79 Å². The maximum Gasteiger partial charge on any atom is 0.333 e. The van der Waals surface area contributed by atoms with Gasteiger partial charge in [-0.1, -0.05) is 84.6 Å². The molecule has 0 aromatic heterocycles. The van der Waals surface area contributed by atoms with Crippen molar-refractivity contribution in [3.05, 3.63) is 82.8 Å². The van der Waals surface area contributed by atoms with Crippen molar-refractivity contribution in [1.82, 2.24) is 4.90 Å². The molecule has 4 rings (SSSR count). The molecule has 0 radical (unpaired) electrons. The Morgan fingerprint density at radius 2 is 1.81 bits per heavy atom. The first-order chi connectivity index (χ1) is 15.5. The van der Waals surface area contributed by atoms with E-state index in [1.807, 2.05) is 54.6 Å². The summed E-state index contributed by atoms with van der Waals surface area (Å²) in [6.07, 6.45) is 1.79. The van der Waals surface area contributed by atoms with Crippen molar-refractivity contribution in [2.45, 2.75) is 13.0 Å². The Balaban J connectivity index is 1.78. The van der Waals surface area contributed by atoms with E-state index in [9.17, 15) is 9.59 Å². The van der Waals surface area contributed by atoms with Crippen LogP contribution < -0.4 is 4.74 Å². The number of methoxy groups -OCH3 is 1. The highest BCUT2D eigenvalue weighted by Crippen LogP contribution is 2.40. The van der Waals surface area contributed by atoms with E-state index in [-0.39, 0.29) is 12.5 Å². The van der Waals surface area contributed by atoms with Crippen LogP contribution in [0, 0.1) is 0 Å². The summed E-state index contributed by atoms with van der Waals surface area (Å²) < 4.78 is 11.1. The number of carbonyl (C=O) groups is 2. The van der Waals surface area contributed by atoms with Gasteiger partial charge in [0.25, 0.3) is 5.91 Å². The maximum atomic E-state index is 13.5. The topological polar surface area (TPSA) is 55.8 Å². The zero-order chi connectivity index (χ0) is 22.7. The Labute approximate surface area is 196 Å². The molecule has 5 nitrogen and oxygen atoms in total. The molecule has 0 aliphatic carbocycles. The van der Waals surface area contributed by atoms with Crippen molar-refractivity contribution < 1.29 is 19.1 Å². The molecule has 0 bridgehead atoms. The highest BCUT2D eigenvalue weighted by molar-refractivity contribution is 8.26. The second-order valence-electron chi connectivity index (χ2n) is 7.02. The third kappa shape index (κ3) is 4.13. The van der Waals surface area contributed by atoms with Gasteiger partial charge < -0.3 is 9.47 Å². The fourth-order valence-electron chi connectivity index (χ4n) is 3.68. The summed E-state index contributed by atoms with van der Waals surface area (Å²) in [5, 5.41) is 1.99. The minimum Gasteiger partial charge on any atom is -0.496 e. The van der Waals surface area contributed by atoms with Gasteiger partial charge in [-0.3, -0.25) is 9.69 Å². The van der Waals surface area contributed by atoms with Crippen LogP contribution in [0.2, 0.25) is 0 Å². The molecule has 1 saturated heterocycles. The lowest BCUT2D eigenvalue weighted by Crippen LogP contribution is -2.38. The van der Waals surface area contributed by atoms with E-state index in [0.29, 0.717) is 20.5 Å². The number of thioether (sulfide) groups is 1. The van der Waals surface area contributed by atoms with Crippen molar-refractivity contribution in [3.63, 3.8) is 0 Å². The van der Waals surface area contributed by atoms with Gasteiger partial charge in [0.1, 0.15) is 10.1 Å². The standard InChI is InChI=1S/C25H21NO4S2/c1-3-30-24(28)22(17-10-5-4-6-11-17)26-23(27)21(32-25(26)31)15-19-18-12-8-7-9-16(18)13-14-20(19)29-2/h4-15,22H,3H2,1-2H3/b21-15+. The number of hydrogen-bond donors (Lipinski definition) is 0. The van der Waals surface area contributed by atoms with E-state index in [1.165, 1.54) is 16.7 Å². The van der Waals surface area contributed by atoms with Crippen LogP contribution in [-0.4, -0.2) is 34.8 Å². The largest absolute Gasteiger partial charge is 0.496 e. The first-order valence-corrected chi connectivity index (χ1v) is 11.3. The lowest BCUT2D eigenvalue weighted by atomic mass is 10.0. The number of rotatable bonds is 6. The molecular formula is C25H21NO4S2. The fraction of sp³-hybridized carbons (Fsp3) is 0.160. The Bertz CT molecular complexity index is 1220. The summed E-state index contributed by atoms with van der Waals surface area (Å²) in [6.45, 7) is 1.94. The lowest BCUT2D eigenvalue weighted by Gasteiger charge is -2.25. The minimum absolute atomic E-state index is 0.208. The van der Waals surface area contributed by atoms with Crippen LogP contribution in [0.3, 0.4) is 0 Å². The number of amides is 1. The van der Waals surface area contributed by atoms with Gasteiger partial charge in [-0.05, 0) is 35.4 Å². The molecule has 1 heterocycles. The molecule has 1 aliphatic rings. The summed E-state index contributed by atoms with van der Waals surface area (Å²) in [7, 11) is 1.60. The molecule has 0 spiro atoms. The molecule has 32 heavy (non-hydrogen) atoms. The van der Waals surface area contributed by atoms with Crippen LogP contribution in [0.4, 0.5) is 0 Å². The van der Waals surface area contributed by atoms with E-state index in [2.05, 4.69) is 0 Å². The van der Waals surface area contributed by atoms with Crippen LogP contribution in [0.15, 0.2) is 71.6 Å². The molecule has 3 aromatic carbocycles. The van der Waals surface area contributed by atoms with Crippen molar-refractivity contribution in [1.29, 1.82) is 0 Å². The summed E-state index contributed by atoms with van der Waals surface area (Å²) >= 11 is 6.70. The molecule has 1 fully saturated rings. The van der Waals surface area contributed by atoms with E-state index in [1.54, 1.807) is 32.2 Å². The number of nitrogens with zero attached hydrogens (tertiary/aromatic N) is 1. The fourth-order valence-corrected chi connectivity index (χ4v) is 4.98. The molecule has 3 aromatic rings. The lowest BCUT2D eigenvalue weighted by molar-refractivity contribution is -0.151. The van der Waals surface area contributed by atoms with Crippen molar-refractivity contribution in [2.24, 2.45) is 0 Å². The highest BCUT2D eigenvalue weighted by Gasteiger charge is 2.42. The average Bonchev–Trinajstić information content (AvgIpc) is 3.08. The zero-order valence-electron chi connectivity index (χ0n) is 17.6. The van der Waals surface area contributed by atoms with Gasteiger partial charge >= 0.3 is 5.97 Å². The second kappa shape index (κ2) is 9.54. The van der Waals surface area contributed by atoms with Crippen molar-refractivity contribution in [3.8, 4) is 5.75 Å². The van der Waals surface area contributed by atoms with Gasteiger partial charge in [0.05, 0.1) is 18.6 Å². The minimum atomic E-state index is -0.941. The third-order valence-corrected chi connectivity index (χ3v) is 6.46. The summed E-state index contributed by atoms with van der Waals surface area (Å²) in [4.78, 5) is 28.1. The Morgan fingerprint density at radius 1 is 1.09 bits per heavy atom. The number of fused-ring (bicyclic) bond motifs is 1. The third-order valence-electron chi connectivity index (χ3n) is 5.13. The highest BCUT2D eigenvalue weighted by atomic mass is 32.2. The molecule has 0 N–H and O–H groups in total. The molecular weight excluding hydrogens is 442 g/mol. The van der Waals surface area contributed by atoms with Crippen LogP contribution >= 0.6 is 24.0 Å². The number of esters is 1. The number of benzene rings is 3. The summed E-state index contributed by atoms with van der Waals surface area (Å²) in [6, 6.07) is 19.9. The first kappa shape index (κ1) is 22.0. The Kier molecular flexibility index (Phi) is 6.58. The smallest absolute Gasteiger partial charge is 0.333 e. The molecule has 7 heteroatoms. The molecule has 1 atom stereocenters. The summed E-state index contributed by atoms with van der Waals surface area (Å²) in [5.74, 6) is -0.199. The Hall–Kier alpha value is -3.16. The monoisotopic (exact) mass is 463 g/mol. The van der Waals surface area contributed by atoms with Gasteiger partial charge in [-0.15, -0.1) is 0 Å². The number of carbonyl (C=O) groups excluding carboxylic acids is 2. The van der Waals surface area contributed by atoms with Gasteiger partial charge in [0, 0.05) is 5.56 Å². The maximum absolute atomic E-state index is 13.5. The van der Waals surface area contributed by atoms with Gasteiger partial charge in [0.15, 0.2) is 6.04 Å². The van der Waals surface area contributed by atoms with Crippen LogP contribution in [0.5, 0.6) is 5.75 Å². The van der Waals surface area contributed by atoms with Crippen molar-refractivity contribution in [2.75, 3.05) is 13.7 Å². The van der Waals surface area contributed by atoms with Crippen molar-refractivity contribution >= 4 is 57.0 Å². The summed E-state index contributed by atoms with van der Waals surface area (Å²) in [5.41, 5.74) is 1.43. The predicted molar refractivity (Wildman–Crippen MR) is 131 cm³/mol. The molecule has 1 aliphatic heterocycles. The van der Waals surface area contributed by atoms with E-state index < -0.39 is 12.0 Å². The normalized spacial score (nSPS) is 15.9. The predicted octanol–water partition coefficient (Wildman–Crippen LogP) is 5.35.